The highest BCUT2D eigenvalue weighted by molar-refractivity contribution is 5.29. The lowest BCUT2D eigenvalue weighted by atomic mass is 9.73. The number of nitrogens with two attached hydrogens (primary N) is 1. The van der Waals surface area contributed by atoms with Crippen molar-refractivity contribution in [2.45, 2.75) is 50.7 Å². The lowest BCUT2D eigenvalue weighted by Gasteiger charge is -2.38. The molecule has 1 heterocycles. The average Bonchev–Trinajstić information content (AvgIpc) is 2.45. The third kappa shape index (κ3) is 3.87. The van der Waals surface area contributed by atoms with Crippen molar-refractivity contribution >= 4 is 0 Å². The van der Waals surface area contributed by atoms with Gasteiger partial charge in [0.25, 0.3) is 0 Å². The molecular weight excluding hydrogens is 281 g/mol. The van der Waals surface area contributed by atoms with Crippen molar-refractivity contribution in [3.63, 3.8) is 0 Å². The number of alkyl halides is 3. The maximum Gasteiger partial charge on any atom is 0.391 e. The van der Waals surface area contributed by atoms with E-state index >= 15 is 0 Å². The van der Waals surface area contributed by atoms with E-state index in [4.69, 9.17) is 10.5 Å². The van der Waals surface area contributed by atoms with E-state index in [0.29, 0.717) is 25.2 Å². The average molecular weight is 302 g/mol. The Kier molecular flexibility index (Phi) is 4.76. The SMILES string of the molecule is CCCOc1cncc(C2(N)CCC(C(F)(F)F)CC2)c1. The molecule has 1 aliphatic rings. The van der Waals surface area contributed by atoms with Crippen LogP contribution >= 0.6 is 0 Å². The predicted molar refractivity (Wildman–Crippen MR) is 73.9 cm³/mol. The normalized spacial score (nSPS) is 26.6. The minimum Gasteiger partial charge on any atom is -0.492 e. The summed E-state index contributed by atoms with van der Waals surface area (Å²) in [5.74, 6) is -0.612. The van der Waals surface area contributed by atoms with Gasteiger partial charge in [0.2, 0.25) is 0 Å². The molecule has 0 unspecified atom stereocenters. The Bertz CT molecular complexity index is 468. The van der Waals surface area contributed by atoms with Gasteiger partial charge in [-0.25, -0.2) is 0 Å². The summed E-state index contributed by atoms with van der Waals surface area (Å²) in [7, 11) is 0. The molecule has 0 aromatic carbocycles. The molecule has 0 spiro atoms. The van der Waals surface area contributed by atoms with Crippen molar-refractivity contribution in [2.75, 3.05) is 6.61 Å². The lowest BCUT2D eigenvalue weighted by molar-refractivity contribution is -0.184. The Morgan fingerprint density at radius 2 is 2.00 bits per heavy atom. The second kappa shape index (κ2) is 6.22. The topological polar surface area (TPSA) is 48.1 Å². The van der Waals surface area contributed by atoms with Gasteiger partial charge < -0.3 is 10.5 Å². The van der Waals surface area contributed by atoms with E-state index < -0.39 is 17.6 Å². The van der Waals surface area contributed by atoms with Gasteiger partial charge in [0.05, 0.1) is 18.7 Å². The fourth-order valence-corrected chi connectivity index (χ4v) is 2.74. The molecule has 2 rings (SSSR count). The zero-order valence-corrected chi connectivity index (χ0v) is 12.1. The van der Waals surface area contributed by atoms with Crippen LogP contribution in [0.4, 0.5) is 13.2 Å². The van der Waals surface area contributed by atoms with Gasteiger partial charge in [0.15, 0.2) is 0 Å². The summed E-state index contributed by atoms with van der Waals surface area (Å²) in [4.78, 5) is 4.10. The summed E-state index contributed by atoms with van der Waals surface area (Å²) in [5.41, 5.74) is 6.35. The molecule has 1 saturated carbocycles. The molecule has 1 aromatic heterocycles. The highest BCUT2D eigenvalue weighted by atomic mass is 19.4. The fourth-order valence-electron chi connectivity index (χ4n) is 2.74. The van der Waals surface area contributed by atoms with Crippen LogP contribution in [0, 0.1) is 5.92 Å². The predicted octanol–water partition coefficient (Wildman–Crippen LogP) is 3.78. The van der Waals surface area contributed by atoms with Gasteiger partial charge >= 0.3 is 6.18 Å². The maximum atomic E-state index is 12.7. The summed E-state index contributed by atoms with van der Waals surface area (Å²) in [6.45, 7) is 2.58. The van der Waals surface area contributed by atoms with Crippen molar-refractivity contribution in [1.82, 2.24) is 4.98 Å². The molecule has 0 amide bonds. The Balaban J connectivity index is 2.08. The minimum absolute atomic E-state index is 0.0695. The molecule has 3 nitrogen and oxygen atoms in total. The van der Waals surface area contributed by atoms with Gasteiger partial charge in [-0.2, -0.15) is 13.2 Å². The van der Waals surface area contributed by atoms with E-state index in [1.54, 1.807) is 18.5 Å². The zero-order valence-electron chi connectivity index (χ0n) is 12.1. The molecule has 0 atom stereocenters. The molecule has 1 aromatic rings. The van der Waals surface area contributed by atoms with Gasteiger partial charge in [-0.05, 0) is 43.7 Å². The van der Waals surface area contributed by atoms with Crippen LogP contribution in [0.25, 0.3) is 0 Å². The number of rotatable bonds is 4. The summed E-state index contributed by atoms with van der Waals surface area (Å²) < 4.78 is 43.7. The number of ether oxygens (including phenoxy) is 1. The largest absolute Gasteiger partial charge is 0.492 e. The minimum atomic E-state index is -4.12. The first kappa shape index (κ1) is 16.1. The monoisotopic (exact) mass is 302 g/mol. The Labute approximate surface area is 122 Å². The molecule has 0 saturated heterocycles. The zero-order chi connectivity index (χ0) is 15.5. The third-order valence-electron chi connectivity index (χ3n) is 4.10. The summed E-state index contributed by atoms with van der Waals surface area (Å²) >= 11 is 0. The van der Waals surface area contributed by atoms with Crippen molar-refractivity contribution in [3.05, 3.63) is 24.0 Å². The molecule has 6 heteroatoms. The van der Waals surface area contributed by atoms with Gasteiger partial charge in [-0.1, -0.05) is 6.92 Å². The Morgan fingerprint density at radius 3 is 2.57 bits per heavy atom. The van der Waals surface area contributed by atoms with Crippen molar-refractivity contribution in [3.8, 4) is 5.75 Å². The highest BCUT2D eigenvalue weighted by Gasteiger charge is 2.45. The first-order chi connectivity index (χ1) is 9.85. The molecular formula is C15H21F3N2O. The van der Waals surface area contributed by atoms with E-state index in [-0.39, 0.29) is 12.8 Å². The first-order valence-electron chi connectivity index (χ1n) is 7.29. The fraction of sp³-hybridized carbons (Fsp3) is 0.667. The highest BCUT2D eigenvalue weighted by Crippen LogP contribution is 2.44. The number of hydrogen-bond donors (Lipinski definition) is 1. The molecule has 0 aliphatic heterocycles. The number of pyridine rings is 1. The van der Waals surface area contributed by atoms with E-state index in [1.807, 2.05) is 6.92 Å². The van der Waals surface area contributed by atoms with Gasteiger partial charge in [-0.3, -0.25) is 4.98 Å². The maximum absolute atomic E-state index is 12.7. The van der Waals surface area contributed by atoms with Crippen LogP contribution in [0.15, 0.2) is 18.5 Å². The molecule has 118 valence electrons. The second-order valence-corrected chi connectivity index (χ2v) is 5.73. The van der Waals surface area contributed by atoms with E-state index in [9.17, 15) is 13.2 Å². The standard InChI is InChI=1S/C15H21F3N2O/c1-2-7-21-13-8-12(9-20-10-13)14(19)5-3-11(4-6-14)15(16,17)18/h8-11H,2-7,19H2,1H3. The smallest absolute Gasteiger partial charge is 0.391 e. The molecule has 0 radical (unpaired) electrons. The van der Waals surface area contributed by atoms with Crippen LogP contribution in [-0.4, -0.2) is 17.8 Å². The Morgan fingerprint density at radius 1 is 1.33 bits per heavy atom. The summed E-state index contributed by atoms with van der Waals surface area (Å²) in [6.07, 6.45) is 0.764. The molecule has 1 aliphatic carbocycles. The van der Waals surface area contributed by atoms with Crippen LogP contribution in [0.5, 0.6) is 5.75 Å². The summed E-state index contributed by atoms with van der Waals surface area (Å²) in [6, 6.07) is 1.80. The second-order valence-electron chi connectivity index (χ2n) is 5.73. The Hall–Kier alpha value is -1.30. The van der Waals surface area contributed by atoms with Gasteiger partial charge in [0.1, 0.15) is 5.75 Å². The number of nitrogens with zero attached hydrogens (tertiary/aromatic N) is 1. The van der Waals surface area contributed by atoms with E-state index in [2.05, 4.69) is 4.98 Å². The molecule has 21 heavy (non-hydrogen) atoms. The third-order valence-corrected chi connectivity index (χ3v) is 4.10. The quantitative estimate of drug-likeness (QED) is 0.921. The lowest BCUT2D eigenvalue weighted by Crippen LogP contribution is -2.43. The summed E-state index contributed by atoms with van der Waals surface area (Å²) in [5, 5.41) is 0. The van der Waals surface area contributed by atoms with Gasteiger partial charge in [0, 0.05) is 11.7 Å². The van der Waals surface area contributed by atoms with Crippen LogP contribution in [0.3, 0.4) is 0 Å². The molecule has 1 fully saturated rings. The van der Waals surface area contributed by atoms with Gasteiger partial charge in [-0.15, -0.1) is 0 Å². The number of aromatic nitrogens is 1. The van der Waals surface area contributed by atoms with Crippen LogP contribution in [-0.2, 0) is 5.54 Å². The van der Waals surface area contributed by atoms with Crippen LogP contribution < -0.4 is 10.5 Å². The van der Waals surface area contributed by atoms with Crippen LogP contribution in [0.1, 0.15) is 44.6 Å². The van der Waals surface area contributed by atoms with Crippen LogP contribution in [0.2, 0.25) is 0 Å². The molecule has 2 N–H and O–H groups in total. The number of halogens is 3. The number of hydrogen-bond acceptors (Lipinski definition) is 3. The van der Waals surface area contributed by atoms with E-state index in [0.717, 1.165) is 12.0 Å². The van der Waals surface area contributed by atoms with Crippen molar-refractivity contribution in [2.24, 2.45) is 11.7 Å². The van der Waals surface area contributed by atoms with Crippen molar-refractivity contribution in [1.29, 1.82) is 0 Å². The first-order valence-corrected chi connectivity index (χ1v) is 7.29. The molecule has 0 bridgehead atoms. The van der Waals surface area contributed by atoms with Crippen molar-refractivity contribution < 1.29 is 17.9 Å². The van der Waals surface area contributed by atoms with E-state index in [1.165, 1.54) is 0 Å².